The van der Waals surface area contributed by atoms with Crippen molar-refractivity contribution in [3.63, 3.8) is 0 Å². The van der Waals surface area contributed by atoms with Gasteiger partial charge < -0.3 is 15.3 Å². The fraction of sp³-hybridized carbons (Fsp3) is 0.429. The molecule has 0 aliphatic heterocycles. The fourth-order valence-electron chi connectivity index (χ4n) is 2.13. The molecule has 92 valence electrons. The Bertz CT molecular complexity index is 490. The van der Waals surface area contributed by atoms with E-state index in [4.69, 9.17) is 10.2 Å². The van der Waals surface area contributed by atoms with E-state index in [1.165, 1.54) is 0 Å². The highest BCUT2D eigenvalue weighted by molar-refractivity contribution is 5.81. The lowest BCUT2D eigenvalue weighted by Crippen LogP contribution is -2.29. The Labute approximate surface area is 101 Å². The van der Waals surface area contributed by atoms with Gasteiger partial charge in [-0.1, -0.05) is 32.0 Å². The van der Waals surface area contributed by atoms with Crippen molar-refractivity contribution in [3.05, 3.63) is 36.1 Å². The molecule has 2 unspecified atom stereocenters. The molecule has 0 radical (unpaired) electrons. The first-order valence-electron chi connectivity index (χ1n) is 5.99. The Morgan fingerprint density at radius 3 is 2.71 bits per heavy atom. The van der Waals surface area contributed by atoms with Gasteiger partial charge in [-0.05, 0) is 18.4 Å². The average Bonchev–Trinajstić information content (AvgIpc) is 2.70. The van der Waals surface area contributed by atoms with Crippen molar-refractivity contribution in [1.29, 1.82) is 0 Å². The highest BCUT2D eigenvalue weighted by Crippen LogP contribution is 2.29. The van der Waals surface area contributed by atoms with Crippen LogP contribution in [-0.2, 0) is 0 Å². The number of benzene rings is 1. The van der Waals surface area contributed by atoms with Crippen LogP contribution in [0.25, 0.3) is 11.0 Å². The summed E-state index contributed by atoms with van der Waals surface area (Å²) in [6.07, 6.45) is 1.73. The van der Waals surface area contributed by atoms with Crippen molar-refractivity contribution >= 4 is 11.0 Å². The predicted octanol–water partition coefficient (Wildman–Crippen LogP) is 2.84. The van der Waals surface area contributed by atoms with Crippen molar-refractivity contribution in [2.45, 2.75) is 32.4 Å². The van der Waals surface area contributed by atoms with Crippen molar-refractivity contribution in [2.24, 2.45) is 11.7 Å². The first-order chi connectivity index (χ1) is 8.09. The van der Waals surface area contributed by atoms with E-state index in [1.54, 1.807) is 6.26 Å². The number of hydrogen-bond acceptors (Lipinski definition) is 3. The molecule has 0 bridgehead atoms. The van der Waals surface area contributed by atoms with Crippen molar-refractivity contribution in [2.75, 3.05) is 0 Å². The summed E-state index contributed by atoms with van der Waals surface area (Å²) in [5.74, 6) is 0.470. The number of rotatable bonds is 4. The third kappa shape index (κ3) is 2.51. The Balaban J connectivity index is 2.27. The van der Waals surface area contributed by atoms with Crippen molar-refractivity contribution < 1.29 is 9.52 Å². The van der Waals surface area contributed by atoms with Gasteiger partial charge in [0, 0.05) is 17.0 Å². The van der Waals surface area contributed by atoms with E-state index < -0.39 is 6.10 Å². The number of hydrogen-bond donors (Lipinski definition) is 2. The lowest BCUT2D eigenvalue weighted by Gasteiger charge is -2.19. The molecule has 1 heterocycles. The molecule has 0 saturated carbocycles. The minimum Gasteiger partial charge on any atom is -0.464 e. The van der Waals surface area contributed by atoms with Gasteiger partial charge in [-0.25, -0.2) is 0 Å². The topological polar surface area (TPSA) is 59.4 Å². The standard InChI is InChI=1S/C14H19NO2/c1-9(2)7-12(15)14(16)11-8-17-13-6-4-3-5-10(11)13/h3-6,8-9,12,14,16H,7,15H2,1-2H3. The molecule has 2 rings (SSSR count). The van der Waals surface area contributed by atoms with Gasteiger partial charge in [0.15, 0.2) is 0 Å². The number of para-hydroxylation sites is 1. The number of aliphatic hydroxyl groups is 1. The van der Waals surface area contributed by atoms with E-state index in [1.807, 2.05) is 24.3 Å². The SMILES string of the molecule is CC(C)CC(N)C(O)c1coc2ccccc12. The molecule has 1 aromatic carbocycles. The molecule has 0 spiro atoms. The largest absolute Gasteiger partial charge is 0.464 e. The summed E-state index contributed by atoms with van der Waals surface area (Å²) in [7, 11) is 0. The molecule has 0 aliphatic rings. The Morgan fingerprint density at radius 2 is 2.00 bits per heavy atom. The first kappa shape index (κ1) is 12.1. The second kappa shape index (κ2) is 4.90. The average molecular weight is 233 g/mol. The van der Waals surface area contributed by atoms with E-state index in [9.17, 15) is 5.11 Å². The Kier molecular flexibility index (Phi) is 3.50. The van der Waals surface area contributed by atoms with Gasteiger partial charge in [0.05, 0.1) is 12.4 Å². The first-order valence-corrected chi connectivity index (χ1v) is 5.99. The highest BCUT2D eigenvalue weighted by Gasteiger charge is 2.21. The van der Waals surface area contributed by atoms with Gasteiger partial charge in [0.25, 0.3) is 0 Å². The number of fused-ring (bicyclic) bond motifs is 1. The van der Waals surface area contributed by atoms with Crippen molar-refractivity contribution in [3.8, 4) is 0 Å². The summed E-state index contributed by atoms with van der Waals surface area (Å²) in [5, 5.41) is 11.2. The highest BCUT2D eigenvalue weighted by atomic mass is 16.3. The van der Waals surface area contributed by atoms with E-state index in [2.05, 4.69) is 13.8 Å². The second-order valence-corrected chi connectivity index (χ2v) is 4.93. The van der Waals surface area contributed by atoms with Crippen LogP contribution in [-0.4, -0.2) is 11.1 Å². The maximum absolute atomic E-state index is 10.2. The van der Waals surface area contributed by atoms with E-state index in [0.29, 0.717) is 5.92 Å². The lowest BCUT2D eigenvalue weighted by molar-refractivity contribution is 0.136. The van der Waals surface area contributed by atoms with Crippen LogP contribution in [0.15, 0.2) is 34.9 Å². The predicted molar refractivity (Wildman–Crippen MR) is 68.6 cm³/mol. The number of furan rings is 1. The molecule has 1 aromatic heterocycles. The van der Waals surface area contributed by atoms with Crippen LogP contribution >= 0.6 is 0 Å². The maximum atomic E-state index is 10.2. The maximum Gasteiger partial charge on any atom is 0.134 e. The van der Waals surface area contributed by atoms with Crippen LogP contribution in [0.2, 0.25) is 0 Å². The summed E-state index contributed by atoms with van der Waals surface area (Å²) in [6, 6.07) is 7.42. The van der Waals surface area contributed by atoms with Crippen molar-refractivity contribution in [1.82, 2.24) is 0 Å². The quantitative estimate of drug-likeness (QED) is 0.853. The van der Waals surface area contributed by atoms with E-state index >= 15 is 0 Å². The summed E-state index contributed by atoms with van der Waals surface area (Å²) in [5.41, 5.74) is 7.58. The molecule has 0 aliphatic carbocycles. The molecule has 2 atom stereocenters. The zero-order valence-electron chi connectivity index (χ0n) is 10.3. The Morgan fingerprint density at radius 1 is 1.29 bits per heavy atom. The minimum absolute atomic E-state index is 0.254. The molecule has 0 fully saturated rings. The lowest BCUT2D eigenvalue weighted by atomic mass is 9.95. The zero-order valence-corrected chi connectivity index (χ0v) is 10.3. The van der Waals surface area contributed by atoms with Crippen LogP contribution in [0.5, 0.6) is 0 Å². The molecule has 3 nitrogen and oxygen atoms in total. The fourth-order valence-corrected chi connectivity index (χ4v) is 2.13. The van der Waals surface area contributed by atoms with Gasteiger partial charge in [-0.3, -0.25) is 0 Å². The molecule has 3 heteroatoms. The third-order valence-electron chi connectivity index (χ3n) is 2.98. The van der Waals surface area contributed by atoms with Gasteiger partial charge in [-0.15, -0.1) is 0 Å². The van der Waals surface area contributed by atoms with Gasteiger partial charge >= 0.3 is 0 Å². The summed E-state index contributed by atoms with van der Waals surface area (Å²) in [6.45, 7) is 4.19. The number of aliphatic hydroxyl groups excluding tert-OH is 1. The molecule has 3 N–H and O–H groups in total. The molecule has 0 saturated heterocycles. The van der Waals surface area contributed by atoms with Crippen LogP contribution in [0.1, 0.15) is 31.9 Å². The smallest absolute Gasteiger partial charge is 0.134 e. The van der Waals surface area contributed by atoms with Crippen LogP contribution in [0, 0.1) is 5.92 Å². The van der Waals surface area contributed by atoms with Gasteiger partial charge in [0.2, 0.25) is 0 Å². The zero-order chi connectivity index (χ0) is 12.4. The normalized spacial score (nSPS) is 15.4. The number of nitrogens with two attached hydrogens (primary N) is 1. The monoisotopic (exact) mass is 233 g/mol. The summed E-state index contributed by atoms with van der Waals surface area (Å²) in [4.78, 5) is 0. The summed E-state index contributed by atoms with van der Waals surface area (Å²) >= 11 is 0. The molecule has 0 amide bonds. The summed E-state index contributed by atoms with van der Waals surface area (Å²) < 4.78 is 5.41. The van der Waals surface area contributed by atoms with Crippen LogP contribution in [0.4, 0.5) is 0 Å². The molecular formula is C14H19NO2. The van der Waals surface area contributed by atoms with E-state index in [-0.39, 0.29) is 6.04 Å². The van der Waals surface area contributed by atoms with Crippen LogP contribution in [0.3, 0.4) is 0 Å². The third-order valence-corrected chi connectivity index (χ3v) is 2.98. The van der Waals surface area contributed by atoms with Gasteiger partial charge in [0.1, 0.15) is 5.58 Å². The molecule has 2 aromatic rings. The second-order valence-electron chi connectivity index (χ2n) is 4.93. The van der Waals surface area contributed by atoms with Crippen LogP contribution < -0.4 is 5.73 Å². The van der Waals surface area contributed by atoms with Gasteiger partial charge in [-0.2, -0.15) is 0 Å². The molecular weight excluding hydrogens is 214 g/mol. The van der Waals surface area contributed by atoms with E-state index in [0.717, 1.165) is 23.0 Å². The molecule has 17 heavy (non-hydrogen) atoms. The minimum atomic E-state index is -0.666. The Hall–Kier alpha value is -1.32.